The fourth-order valence-electron chi connectivity index (χ4n) is 4.24. The molecule has 0 aliphatic heterocycles. The summed E-state index contributed by atoms with van der Waals surface area (Å²) in [6.45, 7) is 2.90. The number of amides is 4. The van der Waals surface area contributed by atoms with Crippen LogP contribution in [0.25, 0.3) is 0 Å². The van der Waals surface area contributed by atoms with Crippen molar-refractivity contribution in [1.82, 2.24) is 21.3 Å². The molecule has 3 aromatic rings. The Morgan fingerprint density at radius 1 is 0.622 bits per heavy atom. The smallest absolute Gasteiger partial charge is 0.408 e. The number of hydrogen-bond acceptors (Lipinski definition) is 8. The third-order valence-electron chi connectivity index (χ3n) is 6.79. The van der Waals surface area contributed by atoms with Crippen LogP contribution in [-0.2, 0) is 48.1 Å². The minimum atomic E-state index is -1.12. The fourth-order valence-corrected chi connectivity index (χ4v) is 4.24. The third-order valence-corrected chi connectivity index (χ3v) is 6.79. The van der Waals surface area contributed by atoms with Gasteiger partial charge >= 0.3 is 12.1 Å². The molecule has 0 aromatic heterocycles. The molecule has 3 aromatic carbocycles. The van der Waals surface area contributed by atoms with E-state index in [-0.39, 0.29) is 25.2 Å². The summed E-state index contributed by atoms with van der Waals surface area (Å²) in [6, 6.07) is 19.9. The Morgan fingerprint density at radius 2 is 1.11 bits per heavy atom. The summed E-state index contributed by atoms with van der Waals surface area (Å²) in [5.74, 6) is -2.58. The number of rotatable bonds is 14. The van der Waals surface area contributed by atoms with E-state index < -0.39 is 54.0 Å². The van der Waals surface area contributed by atoms with Crippen molar-refractivity contribution < 1.29 is 38.6 Å². The fraction of sp³-hybridized carbons (Fsp3) is 0.303. The zero-order valence-corrected chi connectivity index (χ0v) is 25.3. The van der Waals surface area contributed by atoms with E-state index in [1.165, 1.54) is 33.1 Å². The van der Waals surface area contributed by atoms with Gasteiger partial charge in [0.15, 0.2) is 0 Å². The van der Waals surface area contributed by atoms with Crippen LogP contribution in [0.5, 0.6) is 5.75 Å². The number of hydrogen-bond donors (Lipinski definition) is 5. The number of carbonyl (C=O) groups excluding carboxylic acids is 5. The van der Waals surface area contributed by atoms with Crippen LogP contribution in [0.3, 0.4) is 0 Å². The van der Waals surface area contributed by atoms with Crippen LogP contribution in [-0.4, -0.2) is 66.2 Å². The van der Waals surface area contributed by atoms with Gasteiger partial charge in [0.05, 0.1) is 7.11 Å². The van der Waals surface area contributed by atoms with Crippen LogP contribution in [0.4, 0.5) is 4.79 Å². The second-order valence-corrected chi connectivity index (χ2v) is 10.4. The van der Waals surface area contributed by atoms with Crippen molar-refractivity contribution >= 4 is 29.8 Å². The van der Waals surface area contributed by atoms with E-state index in [0.717, 1.165) is 11.1 Å². The maximum Gasteiger partial charge on any atom is 0.408 e. The number of nitrogens with one attached hydrogen (secondary N) is 4. The molecule has 0 spiro atoms. The van der Waals surface area contributed by atoms with Crippen LogP contribution in [0.1, 0.15) is 30.5 Å². The first-order chi connectivity index (χ1) is 21.5. The molecule has 4 amide bonds. The van der Waals surface area contributed by atoms with Crippen molar-refractivity contribution in [2.75, 3.05) is 7.11 Å². The van der Waals surface area contributed by atoms with Gasteiger partial charge < -0.3 is 35.8 Å². The van der Waals surface area contributed by atoms with E-state index >= 15 is 0 Å². The molecule has 12 nitrogen and oxygen atoms in total. The molecular weight excluding hydrogens is 580 g/mol. The first-order valence-electron chi connectivity index (χ1n) is 14.3. The number of benzene rings is 3. The molecule has 0 bridgehead atoms. The topological polar surface area (TPSA) is 172 Å². The Balaban J connectivity index is 1.62. The normalized spacial score (nSPS) is 13.2. The van der Waals surface area contributed by atoms with Crippen LogP contribution < -0.4 is 21.3 Å². The van der Waals surface area contributed by atoms with Crippen molar-refractivity contribution in [3.63, 3.8) is 0 Å². The standard InChI is InChI=1S/C33H38N4O8/c1-21(34-29(39)22(2)35-33(43)45-20-25-12-8-5-9-13-25)30(40)36-27(18-23-10-6-4-7-11-23)31(41)37-28(32(42)44-3)19-24-14-16-26(38)17-15-24/h4-17,21-22,27-28,38H,18-20H2,1-3H3,(H,34,39)(H,35,43)(H,36,40)(H,37,41)/t21-,22-,27-,28-/m0/s1. The van der Waals surface area contributed by atoms with E-state index in [9.17, 15) is 29.1 Å². The van der Waals surface area contributed by atoms with E-state index in [4.69, 9.17) is 9.47 Å². The van der Waals surface area contributed by atoms with Gasteiger partial charge in [-0.1, -0.05) is 72.8 Å². The molecule has 0 aliphatic carbocycles. The van der Waals surface area contributed by atoms with Gasteiger partial charge in [-0.05, 0) is 42.7 Å². The maximum absolute atomic E-state index is 13.5. The second kappa shape index (κ2) is 17.0. The van der Waals surface area contributed by atoms with Gasteiger partial charge in [0.1, 0.15) is 36.5 Å². The van der Waals surface area contributed by atoms with E-state index in [1.54, 1.807) is 48.5 Å². The number of phenolic OH excluding ortho intramolecular Hbond substituents is 1. The largest absolute Gasteiger partial charge is 0.508 e. The van der Waals surface area contributed by atoms with Gasteiger partial charge in [-0.2, -0.15) is 0 Å². The Morgan fingerprint density at radius 3 is 1.71 bits per heavy atom. The molecule has 0 unspecified atom stereocenters. The summed E-state index contributed by atoms with van der Waals surface area (Å²) in [5, 5.41) is 19.8. The van der Waals surface area contributed by atoms with Crippen molar-refractivity contribution in [3.8, 4) is 5.75 Å². The highest BCUT2D eigenvalue weighted by Gasteiger charge is 2.30. The SMILES string of the molecule is COC(=O)[C@H](Cc1ccc(O)cc1)NC(=O)[C@H](Cc1ccccc1)NC(=O)[C@H](C)NC(=O)[C@H](C)NC(=O)OCc1ccccc1. The van der Waals surface area contributed by atoms with E-state index in [2.05, 4.69) is 21.3 Å². The number of phenols is 1. The molecule has 0 aliphatic rings. The monoisotopic (exact) mass is 618 g/mol. The zero-order chi connectivity index (χ0) is 32.8. The van der Waals surface area contributed by atoms with Gasteiger partial charge in [-0.25, -0.2) is 9.59 Å². The lowest BCUT2D eigenvalue weighted by Crippen LogP contribution is -2.57. The van der Waals surface area contributed by atoms with Gasteiger partial charge in [-0.15, -0.1) is 0 Å². The average Bonchev–Trinajstić information content (AvgIpc) is 3.04. The van der Waals surface area contributed by atoms with Crippen LogP contribution in [0, 0.1) is 0 Å². The number of methoxy groups -OCH3 is 1. The molecule has 12 heteroatoms. The Bertz CT molecular complexity index is 1430. The van der Waals surface area contributed by atoms with Crippen molar-refractivity contribution in [3.05, 3.63) is 102 Å². The van der Waals surface area contributed by atoms with E-state index in [1.807, 2.05) is 24.3 Å². The number of esters is 1. The lowest BCUT2D eigenvalue weighted by molar-refractivity contribution is -0.145. The average molecular weight is 619 g/mol. The lowest BCUT2D eigenvalue weighted by atomic mass is 10.0. The molecule has 0 saturated carbocycles. The number of carbonyl (C=O) groups is 5. The second-order valence-electron chi connectivity index (χ2n) is 10.4. The predicted octanol–water partition coefficient (Wildman–Crippen LogP) is 2.14. The van der Waals surface area contributed by atoms with E-state index in [0.29, 0.717) is 5.56 Å². The number of ether oxygens (including phenoxy) is 2. The van der Waals surface area contributed by atoms with Gasteiger partial charge in [0, 0.05) is 12.8 Å². The molecule has 0 radical (unpaired) electrons. The number of alkyl carbamates (subject to hydrolysis) is 1. The van der Waals surface area contributed by atoms with Gasteiger partial charge in [0.2, 0.25) is 17.7 Å². The molecule has 45 heavy (non-hydrogen) atoms. The molecule has 0 heterocycles. The Hall–Kier alpha value is -5.39. The van der Waals surface area contributed by atoms with Crippen LogP contribution in [0.2, 0.25) is 0 Å². The highest BCUT2D eigenvalue weighted by molar-refractivity contribution is 5.94. The molecular formula is C33H38N4O8. The molecule has 3 rings (SSSR count). The molecule has 4 atom stereocenters. The summed E-state index contributed by atoms with van der Waals surface area (Å²) >= 11 is 0. The zero-order valence-electron chi connectivity index (χ0n) is 25.3. The summed E-state index contributed by atoms with van der Waals surface area (Å²) in [7, 11) is 1.20. The van der Waals surface area contributed by atoms with Crippen molar-refractivity contribution in [1.29, 1.82) is 0 Å². The number of aromatic hydroxyl groups is 1. The Labute approximate surface area is 261 Å². The predicted molar refractivity (Wildman–Crippen MR) is 165 cm³/mol. The molecule has 0 fully saturated rings. The van der Waals surface area contributed by atoms with Crippen LogP contribution in [0.15, 0.2) is 84.9 Å². The third kappa shape index (κ3) is 11.3. The van der Waals surface area contributed by atoms with Gasteiger partial charge in [0.25, 0.3) is 0 Å². The molecule has 238 valence electrons. The summed E-state index contributed by atoms with van der Waals surface area (Å²) in [4.78, 5) is 64.0. The highest BCUT2D eigenvalue weighted by atomic mass is 16.5. The minimum Gasteiger partial charge on any atom is -0.508 e. The van der Waals surface area contributed by atoms with Crippen molar-refractivity contribution in [2.45, 2.75) is 57.5 Å². The van der Waals surface area contributed by atoms with Gasteiger partial charge in [-0.3, -0.25) is 14.4 Å². The quantitative estimate of drug-likeness (QED) is 0.171. The first kappa shape index (κ1) is 34.1. The van der Waals surface area contributed by atoms with Crippen LogP contribution >= 0.6 is 0 Å². The molecule has 5 N–H and O–H groups in total. The molecule has 0 saturated heterocycles. The first-order valence-corrected chi connectivity index (χ1v) is 14.3. The minimum absolute atomic E-state index is 0.0243. The summed E-state index contributed by atoms with van der Waals surface area (Å²) in [6.07, 6.45) is -0.626. The Kier molecular flexibility index (Phi) is 12.9. The highest BCUT2D eigenvalue weighted by Crippen LogP contribution is 2.13. The van der Waals surface area contributed by atoms with Crippen molar-refractivity contribution in [2.24, 2.45) is 0 Å². The lowest BCUT2D eigenvalue weighted by Gasteiger charge is -2.24. The summed E-state index contributed by atoms with van der Waals surface area (Å²) < 4.78 is 10.0. The maximum atomic E-state index is 13.5. The summed E-state index contributed by atoms with van der Waals surface area (Å²) in [5.41, 5.74) is 2.19.